The van der Waals surface area contributed by atoms with Crippen LogP contribution in [0.4, 0.5) is 0 Å². The van der Waals surface area contributed by atoms with Gasteiger partial charge in [-0.3, -0.25) is 19.3 Å². The van der Waals surface area contributed by atoms with E-state index in [1.54, 1.807) is 0 Å². The van der Waals surface area contributed by atoms with Gasteiger partial charge in [0.2, 0.25) is 0 Å². The Bertz CT molecular complexity index is 1120. The second-order valence-corrected chi connectivity index (χ2v) is 6.84. The van der Waals surface area contributed by atoms with Gasteiger partial charge in [-0.15, -0.1) is 0 Å². The molecule has 0 saturated carbocycles. The van der Waals surface area contributed by atoms with Gasteiger partial charge in [0.1, 0.15) is 5.78 Å². The van der Waals surface area contributed by atoms with Crippen molar-refractivity contribution < 1.29 is 14.4 Å². The summed E-state index contributed by atoms with van der Waals surface area (Å²) in [5, 5.41) is 1.77. The molecule has 3 aromatic rings. The lowest BCUT2D eigenvalue weighted by molar-refractivity contribution is -0.118. The number of fused-ring (bicyclic) bond motifs is 8. The van der Waals surface area contributed by atoms with Crippen molar-refractivity contribution in [1.82, 2.24) is 9.88 Å². The summed E-state index contributed by atoms with van der Waals surface area (Å²) in [6, 6.07) is 7.82. The predicted molar refractivity (Wildman–Crippen MR) is 93.9 cm³/mol. The smallest absolute Gasteiger partial charge is 0.262 e. The quantitative estimate of drug-likeness (QED) is 0.508. The van der Waals surface area contributed by atoms with Crippen LogP contribution in [0.1, 0.15) is 44.7 Å². The summed E-state index contributed by atoms with van der Waals surface area (Å²) in [6.07, 6.45) is 2.04. The monoisotopic (exact) mass is 332 g/mol. The van der Waals surface area contributed by atoms with Crippen LogP contribution in [0.25, 0.3) is 21.8 Å². The number of imide groups is 1. The summed E-state index contributed by atoms with van der Waals surface area (Å²) in [5.74, 6) is -0.301. The molecule has 25 heavy (non-hydrogen) atoms. The van der Waals surface area contributed by atoms with Crippen molar-refractivity contribution in [2.45, 2.75) is 25.7 Å². The average molecular weight is 332 g/mol. The van der Waals surface area contributed by atoms with Gasteiger partial charge in [-0.05, 0) is 30.0 Å². The third-order valence-corrected chi connectivity index (χ3v) is 5.52. The van der Waals surface area contributed by atoms with Crippen LogP contribution in [0.2, 0.25) is 0 Å². The number of benzene rings is 2. The number of carbonyl (C=O) groups excluding carboxylic acids is 3. The summed E-state index contributed by atoms with van der Waals surface area (Å²) in [5.41, 5.74) is 4.75. The van der Waals surface area contributed by atoms with Gasteiger partial charge in [0.25, 0.3) is 11.8 Å². The number of aryl methyl sites for hydroxylation is 1. The van der Waals surface area contributed by atoms with Gasteiger partial charge in [-0.2, -0.15) is 0 Å². The molecule has 2 amide bonds. The normalized spacial score (nSPS) is 17.3. The van der Waals surface area contributed by atoms with Gasteiger partial charge < -0.3 is 4.98 Å². The zero-order chi connectivity index (χ0) is 17.3. The van der Waals surface area contributed by atoms with Gasteiger partial charge in [0.05, 0.1) is 16.6 Å². The molecule has 0 atom stereocenters. The fraction of sp³-hybridized carbons (Fsp3) is 0.250. The molecule has 1 N–H and O–H groups in total. The minimum atomic E-state index is -0.256. The highest BCUT2D eigenvalue weighted by Crippen LogP contribution is 2.41. The number of hydrogen-bond donors (Lipinski definition) is 1. The fourth-order valence-corrected chi connectivity index (χ4v) is 4.29. The van der Waals surface area contributed by atoms with Crippen molar-refractivity contribution in [3.05, 3.63) is 46.5 Å². The highest BCUT2D eigenvalue weighted by molar-refractivity contribution is 6.31. The molecule has 2 aliphatic rings. The first-order valence-electron chi connectivity index (χ1n) is 8.50. The number of nitrogens with zero attached hydrogens (tertiary/aromatic N) is 1. The summed E-state index contributed by atoms with van der Waals surface area (Å²) < 4.78 is 0. The highest BCUT2D eigenvalue weighted by Gasteiger charge is 2.39. The van der Waals surface area contributed by atoms with E-state index in [1.165, 1.54) is 11.9 Å². The third-order valence-electron chi connectivity index (χ3n) is 5.52. The van der Waals surface area contributed by atoms with Crippen molar-refractivity contribution in [2.75, 3.05) is 7.05 Å². The van der Waals surface area contributed by atoms with E-state index < -0.39 is 0 Å². The second kappa shape index (κ2) is 4.79. The van der Waals surface area contributed by atoms with Crippen LogP contribution in [-0.4, -0.2) is 34.5 Å². The molecule has 0 spiro atoms. The van der Waals surface area contributed by atoms with Crippen molar-refractivity contribution >= 4 is 39.4 Å². The van der Waals surface area contributed by atoms with Crippen LogP contribution in [0.5, 0.6) is 0 Å². The summed E-state index contributed by atoms with van der Waals surface area (Å²) in [6.45, 7) is 0. The van der Waals surface area contributed by atoms with Crippen molar-refractivity contribution in [1.29, 1.82) is 0 Å². The number of aromatic nitrogens is 1. The van der Waals surface area contributed by atoms with E-state index in [9.17, 15) is 14.4 Å². The number of hydrogen-bond acceptors (Lipinski definition) is 3. The summed E-state index contributed by atoms with van der Waals surface area (Å²) in [4.78, 5) is 42.2. The molecule has 0 saturated heterocycles. The Labute approximate surface area is 143 Å². The molecular formula is C20H16N2O3. The molecule has 2 aromatic carbocycles. The Morgan fingerprint density at radius 2 is 1.56 bits per heavy atom. The van der Waals surface area contributed by atoms with E-state index in [-0.39, 0.29) is 17.6 Å². The summed E-state index contributed by atoms with van der Waals surface area (Å²) in [7, 11) is 1.53. The Balaban J connectivity index is 2.01. The molecule has 1 aliphatic carbocycles. The fourth-order valence-electron chi connectivity index (χ4n) is 4.29. The zero-order valence-corrected chi connectivity index (χ0v) is 13.8. The minimum Gasteiger partial charge on any atom is -0.354 e. The Morgan fingerprint density at radius 1 is 0.880 bits per heavy atom. The van der Waals surface area contributed by atoms with E-state index >= 15 is 0 Å². The van der Waals surface area contributed by atoms with Crippen LogP contribution >= 0.6 is 0 Å². The van der Waals surface area contributed by atoms with E-state index in [0.717, 1.165) is 32.9 Å². The van der Waals surface area contributed by atoms with Crippen LogP contribution in [0.3, 0.4) is 0 Å². The number of H-pyrrole nitrogens is 1. The molecule has 0 fully saturated rings. The SMILES string of the molecule is CN1C(=O)c2c3c(c4[nH]c5ccccc5c4c2C1=O)CCC(=O)CC3. The molecule has 5 rings (SSSR count). The molecule has 0 unspecified atom stereocenters. The molecular weight excluding hydrogens is 316 g/mol. The van der Waals surface area contributed by atoms with Gasteiger partial charge in [-0.25, -0.2) is 0 Å². The molecule has 5 heteroatoms. The largest absolute Gasteiger partial charge is 0.354 e. The molecule has 5 nitrogen and oxygen atoms in total. The van der Waals surface area contributed by atoms with Crippen molar-refractivity contribution in [3.8, 4) is 0 Å². The lowest BCUT2D eigenvalue weighted by atomic mass is 9.90. The lowest BCUT2D eigenvalue weighted by Crippen LogP contribution is -2.24. The number of Topliss-reactive ketones (excluding diaryl/α,β-unsaturated/α-hetero) is 1. The average Bonchev–Trinajstić information content (AvgIpc) is 3.01. The zero-order valence-electron chi connectivity index (χ0n) is 13.8. The van der Waals surface area contributed by atoms with Crippen LogP contribution in [-0.2, 0) is 17.6 Å². The van der Waals surface area contributed by atoms with Gasteiger partial charge in [0.15, 0.2) is 0 Å². The maximum absolute atomic E-state index is 12.8. The Kier molecular flexibility index (Phi) is 2.76. The number of nitrogens with one attached hydrogen (secondary N) is 1. The Hall–Kier alpha value is -2.95. The van der Waals surface area contributed by atoms with Crippen molar-refractivity contribution in [3.63, 3.8) is 0 Å². The molecule has 1 aromatic heterocycles. The number of aromatic amines is 1. The first kappa shape index (κ1) is 14.4. The number of carbonyl (C=O) groups is 3. The number of amides is 2. The third kappa shape index (κ3) is 1.75. The van der Waals surface area contributed by atoms with Crippen molar-refractivity contribution in [2.24, 2.45) is 0 Å². The molecule has 0 bridgehead atoms. The predicted octanol–water partition coefficient (Wildman–Crippen LogP) is 2.99. The lowest BCUT2D eigenvalue weighted by Gasteiger charge is -2.12. The standard InChI is InChI=1S/C20H16N2O3/c1-22-19(24)16-11-8-6-10(23)7-9-12(11)18-15(17(16)20(22)25)13-4-2-3-5-14(13)21-18/h2-5,21H,6-9H2,1H3. The summed E-state index contributed by atoms with van der Waals surface area (Å²) >= 11 is 0. The van der Waals surface area contributed by atoms with Gasteiger partial charge >= 0.3 is 0 Å². The molecule has 1 aliphatic heterocycles. The number of para-hydroxylation sites is 1. The number of rotatable bonds is 0. The van der Waals surface area contributed by atoms with Gasteiger partial charge in [-0.1, -0.05) is 18.2 Å². The Morgan fingerprint density at radius 3 is 2.36 bits per heavy atom. The van der Waals surface area contributed by atoms with E-state index in [0.29, 0.717) is 36.8 Å². The maximum Gasteiger partial charge on any atom is 0.262 e. The molecule has 0 radical (unpaired) electrons. The second-order valence-electron chi connectivity index (χ2n) is 6.84. The van der Waals surface area contributed by atoms with Crippen LogP contribution in [0, 0.1) is 0 Å². The first-order valence-corrected chi connectivity index (χ1v) is 8.50. The van der Waals surface area contributed by atoms with E-state index in [1.807, 2.05) is 24.3 Å². The van der Waals surface area contributed by atoms with Crippen LogP contribution < -0.4 is 0 Å². The van der Waals surface area contributed by atoms with Crippen LogP contribution in [0.15, 0.2) is 24.3 Å². The maximum atomic E-state index is 12.8. The highest BCUT2D eigenvalue weighted by atomic mass is 16.2. The van der Waals surface area contributed by atoms with E-state index in [2.05, 4.69) is 4.98 Å². The topological polar surface area (TPSA) is 70.2 Å². The minimum absolute atomic E-state index is 0.208. The van der Waals surface area contributed by atoms with E-state index in [4.69, 9.17) is 0 Å². The first-order chi connectivity index (χ1) is 12.1. The van der Waals surface area contributed by atoms with Gasteiger partial charge in [0, 0.05) is 36.2 Å². The number of ketones is 1. The molecule has 2 heterocycles. The molecule has 124 valence electrons.